The fraction of sp³-hybridized carbons (Fsp3) is 0.250. The lowest BCUT2D eigenvalue weighted by atomic mass is 10.0. The minimum Gasteiger partial charge on any atom is -0.466 e. The Morgan fingerprint density at radius 1 is 1.17 bits per heavy atom. The molecule has 0 aromatic heterocycles. The lowest BCUT2D eigenvalue weighted by molar-refractivity contribution is -0.134. The molecule has 0 heterocycles. The van der Waals surface area contributed by atoms with Gasteiger partial charge in [-0.1, -0.05) is 37.6 Å². The van der Waals surface area contributed by atoms with Crippen LogP contribution in [0.1, 0.15) is 25.0 Å². The number of carbonyl (C=O) groups is 1. The zero-order valence-electron chi connectivity index (χ0n) is 14.1. The van der Waals surface area contributed by atoms with Crippen molar-refractivity contribution in [1.29, 1.82) is 0 Å². The molecule has 0 unspecified atom stereocenters. The third-order valence-corrected chi connectivity index (χ3v) is 3.68. The van der Waals surface area contributed by atoms with Gasteiger partial charge >= 0.3 is 5.97 Å². The minimum atomic E-state index is -0.423. The number of esters is 1. The summed E-state index contributed by atoms with van der Waals surface area (Å²) in [4.78, 5) is 11.1. The van der Waals surface area contributed by atoms with Gasteiger partial charge in [0.1, 0.15) is 11.5 Å². The van der Waals surface area contributed by atoms with Crippen molar-refractivity contribution in [3.63, 3.8) is 0 Å². The average Bonchev–Trinajstić information content (AvgIpc) is 2.53. The molecule has 0 aliphatic rings. The molecule has 2 aromatic rings. The Kier molecular flexibility index (Phi) is 6.44. The molecule has 0 atom stereocenters. The Morgan fingerprint density at radius 3 is 2.58 bits per heavy atom. The van der Waals surface area contributed by atoms with Crippen molar-refractivity contribution in [3.05, 3.63) is 64.7 Å². The Balaban J connectivity index is 2.12. The average molecular weight is 345 g/mol. The van der Waals surface area contributed by atoms with E-state index in [0.29, 0.717) is 16.7 Å². The molecule has 0 fully saturated rings. The zero-order chi connectivity index (χ0) is 17.5. The second-order valence-electron chi connectivity index (χ2n) is 5.89. The van der Waals surface area contributed by atoms with Crippen LogP contribution in [0.25, 0.3) is 6.08 Å². The van der Waals surface area contributed by atoms with Crippen molar-refractivity contribution in [2.75, 3.05) is 7.11 Å². The highest BCUT2D eigenvalue weighted by atomic mass is 35.5. The highest BCUT2D eigenvalue weighted by Gasteiger charge is 2.04. The zero-order valence-corrected chi connectivity index (χ0v) is 14.8. The lowest BCUT2D eigenvalue weighted by Gasteiger charge is -2.10. The Morgan fingerprint density at radius 2 is 1.92 bits per heavy atom. The molecule has 0 bridgehead atoms. The lowest BCUT2D eigenvalue weighted by Crippen LogP contribution is -1.94. The van der Waals surface area contributed by atoms with Crippen molar-refractivity contribution in [2.24, 2.45) is 5.92 Å². The van der Waals surface area contributed by atoms with Gasteiger partial charge in [-0.2, -0.15) is 0 Å². The maximum Gasteiger partial charge on any atom is 0.330 e. The molecule has 126 valence electrons. The van der Waals surface area contributed by atoms with Gasteiger partial charge in [0.2, 0.25) is 0 Å². The number of halogens is 1. The van der Waals surface area contributed by atoms with Gasteiger partial charge in [0.15, 0.2) is 0 Å². The molecular formula is C20H21ClO3. The largest absolute Gasteiger partial charge is 0.466 e. The molecule has 0 saturated carbocycles. The molecule has 2 rings (SSSR count). The summed E-state index contributed by atoms with van der Waals surface area (Å²) in [6.45, 7) is 4.38. The maximum absolute atomic E-state index is 11.1. The van der Waals surface area contributed by atoms with Crippen LogP contribution in [0.15, 0.2) is 48.5 Å². The van der Waals surface area contributed by atoms with E-state index in [1.54, 1.807) is 18.2 Å². The van der Waals surface area contributed by atoms with Gasteiger partial charge in [0.25, 0.3) is 0 Å². The second-order valence-corrected chi connectivity index (χ2v) is 6.29. The Hall–Kier alpha value is -2.26. The van der Waals surface area contributed by atoms with Gasteiger partial charge in [0.05, 0.1) is 12.1 Å². The number of carbonyl (C=O) groups excluding carboxylic acids is 1. The predicted molar refractivity (Wildman–Crippen MR) is 97.6 cm³/mol. The van der Waals surface area contributed by atoms with Crippen LogP contribution < -0.4 is 4.74 Å². The van der Waals surface area contributed by atoms with Crippen LogP contribution in [-0.4, -0.2) is 13.1 Å². The van der Waals surface area contributed by atoms with Crippen LogP contribution in [0.3, 0.4) is 0 Å². The van der Waals surface area contributed by atoms with Gasteiger partial charge in [-0.3, -0.25) is 0 Å². The molecule has 0 N–H and O–H groups in total. The molecule has 0 saturated heterocycles. The van der Waals surface area contributed by atoms with Crippen molar-refractivity contribution in [2.45, 2.75) is 20.3 Å². The Labute approximate surface area is 147 Å². The molecular weight excluding hydrogens is 324 g/mol. The summed E-state index contributed by atoms with van der Waals surface area (Å²) in [5, 5.41) is 0.506. The molecule has 2 aromatic carbocycles. The molecule has 0 amide bonds. The summed E-state index contributed by atoms with van der Waals surface area (Å²) in [6.07, 6.45) is 3.95. The van der Waals surface area contributed by atoms with Gasteiger partial charge < -0.3 is 9.47 Å². The topological polar surface area (TPSA) is 35.5 Å². The predicted octanol–water partition coefficient (Wildman–Crippen LogP) is 5.52. The van der Waals surface area contributed by atoms with Gasteiger partial charge in [-0.05, 0) is 59.9 Å². The standard InChI is InChI=1S/C20H21ClO3/c1-14(2)11-15-5-4-6-17(12-15)24-18-9-7-16(19(21)13-18)8-10-20(22)23-3/h4-10,12-14H,11H2,1-3H3. The van der Waals surface area contributed by atoms with Crippen molar-refractivity contribution in [1.82, 2.24) is 0 Å². The van der Waals surface area contributed by atoms with E-state index in [-0.39, 0.29) is 0 Å². The van der Waals surface area contributed by atoms with Gasteiger partial charge in [0, 0.05) is 6.08 Å². The highest BCUT2D eigenvalue weighted by Crippen LogP contribution is 2.28. The number of hydrogen-bond donors (Lipinski definition) is 0. The molecule has 0 aliphatic carbocycles. The first kappa shape index (κ1) is 18.1. The van der Waals surface area contributed by atoms with Crippen molar-refractivity contribution < 1.29 is 14.3 Å². The summed E-state index contributed by atoms with van der Waals surface area (Å²) < 4.78 is 10.4. The number of ether oxygens (including phenoxy) is 2. The van der Waals surface area contributed by atoms with E-state index < -0.39 is 5.97 Å². The molecule has 0 radical (unpaired) electrons. The van der Waals surface area contributed by atoms with E-state index in [4.69, 9.17) is 16.3 Å². The van der Waals surface area contributed by atoms with Gasteiger partial charge in [-0.15, -0.1) is 0 Å². The molecule has 0 spiro atoms. The SMILES string of the molecule is COC(=O)C=Cc1ccc(Oc2cccc(CC(C)C)c2)cc1Cl. The van der Waals surface area contributed by atoms with Crippen LogP contribution >= 0.6 is 11.6 Å². The first-order valence-electron chi connectivity index (χ1n) is 7.80. The van der Waals surface area contributed by atoms with Crippen LogP contribution in [-0.2, 0) is 16.0 Å². The highest BCUT2D eigenvalue weighted by molar-refractivity contribution is 6.32. The minimum absolute atomic E-state index is 0.423. The first-order chi connectivity index (χ1) is 11.5. The maximum atomic E-state index is 11.1. The summed E-state index contributed by atoms with van der Waals surface area (Å²) in [7, 11) is 1.33. The second kappa shape index (κ2) is 8.55. The quantitative estimate of drug-likeness (QED) is 0.511. The fourth-order valence-electron chi connectivity index (χ4n) is 2.28. The Bertz CT molecular complexity index is 735. The number of rotatable bonds is 6. The van der Waals surface area contributed by atoms with Crippen molar-refractivity contribution in [3.8, 4) is 11.5 Å². The van der Waals surface area contributed by atoms with E-state index in [1.165, 1.54) is 18.7 Å². The summed E-state index contributed by atoms with van der Waals surface area (Å²) in [6, 6.07) is 13.4. The summed E-state index contributed by atoms with van der Waals surface area (Å²) in [5.41, 5.74) is 1.97. The fourth-order valence-corrected chi connectivity index (χ4v) is 2.51. The van der Waals surface area contributed by atoms with Crippen molar-refractivity contribution >= 4 is 23.6 Å². The van der Waals surface area contributed by atoms with E-state index in [2.05, 4.69) is 24.7 Å². The molecule has 3 nitrogen and oxygen atoms in total. The smallest absolute Gasteiger partial charge is 0.330 e. The third-order valence-electron chi connectivity index (χ3n) is 3.35. The summed E-state index contributed by atoms with van der Waals surface area (Å²) >= 11 is 6.24. The van der Waals surface area contributed by atoms with E-state index in [0.717, 1.165) is 17.7 Å². The van der Waals surface area contributed by atoms with E-state index >= 15 is 0 Å². The van der Waals surface area contributed by atoms with Crippen LogP contribution in [0.2, 0.25) is 5.02 Å². The molecule has 4 heteroatoms. The molecule has 0 aliphatic heterocycles. The number of hydrogen-bond acceptors (Lipinski definition) is 3. The van der Waals surface area contributed by atoms with E-state index in [1.807, 2.05) is 24.3 Å². The van der Waals surface area contributed by atoms with Crippen LogP contribution in [0, 0.1) is 5.92 Å². The normalized spacial score (nSPS) is 11.0. The monoisotopic (exact) mass is 344 g/mol. The third kappa shape index (κ3) is 5.43. The van der Waals surface area contributed by atoms with Crippen LogP contribution in [0.5, 0.6) is 11.5 Å². The van der Waals surface area contributed by atoms with E-state index in [9.17, 15) is 4.79 Å². The summed E-state index contributed by atoms with van der Waals surface area (Å²) in [5.74, 6) is 1.60. The number of methoxy groups -OCH3 is 1. The first-order valence-corrected chi connectivity index (χ1v) is 8.18. The molecule has 24 heavy (non-hydrogen) atoms. The van der Waals surface area contributed by atoms with Gasteiger partial charge in [-0.25, -0.2) is 4.79 Å². The number of benzene rings is 2. The van der Waals surface area contributed by atoms with Crippen LogP contribution in [0.4, 0.5) is 0 Å².